The van der Waals surface area contributed by atoms with Crippen LogP contribution in [-0.4, -0.2) is 85.9 Å². The van der Waals surface area contributed by atoms with Crippen LogP contribution in [0, 0.1) is 18.3 Å². The molecule has 13 heteroatoms. The van der Waals surface area contributed by atoms with E-state index < -0.39 is 9.84 Å². The number of aliphatic hydroxyl groups is 2. The summed E-state index contributed by atoms with van der Waals surface area (Å²) in [4.78, 5) is 6.74. The van der Waals surface area contributed by atoms with Gasteiger partial charge in [0.2, 0.25) is 0 Å². The van der Waals surface area contributed by atoms with Crippen molar-refractivity contribution < 1.29 is 23.4 Å². The number of nitriles is 1. The standard InChI is InChI=1S/C31H41N7O5S/c1-23-27(22-32)29(34-24-8-6-5-7-9-24)35-30(33-14-19-43-20-18-40)28(23)37-36-25-10-12-26(13-11-25)44(41,42)21-16-38(15-17-39)31(2,3)4/h5-13,39-40H,14-21H2,1-4H3,(H2,33,34,35)/b37-36+. The lowest BCUT2D eigenvalue weighted by Crippen LogP contribution is -2.45. The molecule has 0 aliphatic rings. The van der Waals surface area contributed by atoms with Gasteiger partial charge in [0.05, 0.1) is 48.3 Å². The second-order valence-electron chi connectivity index (χ2n) is 10.9. The number of para-hydroxylation sites is 1. The van der Waals surface area contributed by atoms with Crippen LogP contribution in [0.25, 0.3) is 0 Å². The number of sulfone groups is 1. The van der Waals surface area contributed by atoms with Crippen LogP contribution in [0.3, 0.4) is 0 Å². The number of aromatic nitrogens is 1. The fourth-order valence-electron chi connectivity index (χ4n) is 4.31. The van der Waals surface area contributed by atoms with Crippen molar-refractivity contribution in [1.29, 1.82) is 5.26 Å². The highest BCUT2D eigenvalue weighted by Crippen LogP contribution is 2.36. The number of azo groups is 1. The molecule has 1 heterocycles. The summed E-state index contributed by atoms with van der Waals surface area (Å²) in [5, 5.41) is 43.4. The molecule has 3 aromatic rings. The average molecular weight is 624 g/mol. The van der Waals surface area contributed by atoms with E-state index in [0.717, 1.165) is 5.69 Å². The van der Waals surface area contributed by atoms with Gasteiger partial charge < -0.3 is 25.6 Å². The predicted octanol–water partition coefficient (Wildman–Crippen LogP) is 4.71. The maximum absolute atomic E-state index is 13.0. The van der Waals surface area contributed by atoms with E-state index in [1.54, 1.807) is 19.1 Å². The minimum Gasteiger partial charge on any atom is -0.395 e. The summed E-state index contributed by atoms with van der Waals surface area (Å²) in [7, 11) is -3.57. The molecule has 0 atom stereocenters. The van der Waals surface area contributed by atoms with Crippen molar-refractivity contribution in [2.45, 2.75) is 38.1 Å². The molecule has 3 rings (SSSR count). The molecule has 0 amide bonds. The Morgan fingerprint density at radius 2 is 1.68 bits per heavy atom. The molecule has 0 aliphatic carbocycles. The first kappa shape index (κ1) is 34.6. The molecular weight excluding hydrogens is 582 g/mol. The maximum atomic E-state index is 13.0. The Morgan fingerprint density at radius 3 is 2.30 bits per heavy atom. The van der Waals surface area contributed by atoms with Crippen LogP contribution < -0.4 is 10.6 Å². The van der Waals surface area contributed by atoms with Crippen molar-refractivity contribution in [3.8, 4) is 6.07 Å². The van der Waals surface area contributed by atoms with E-state index in [4.69, 9.17) is 9.84 Å². The van der Waals surface area contributed by atoms with Crippen LogP contribution in [0.2, 0.25) is 0 Å². The van der Waals surface area contributed by atoms with E-state index >= 15 is 0 Å². The topological polar surface area (TPSA) is 173 Å². The van der Waals surface area contributed by atoms with E-state index in [0.29, 0.717) is 53.8 Å². The van der Waals surface area contributed by atoms with Gasteiger partial charge in [-0.2, -0.15) is 10.4 Å². The molecule has 0 spiro atoms. The molecule has 2 aromatic carbocycles. The zero-order valence-corrected chi connectivity index (χ0v) is 26.4. The number of pyridine rings is 1. The number of β-amino-alcohol motifs (C(OH)–C–C–N with tert-alkyl or cyclic N) is 1. The van der Waals surface area contributed by atoms with E-state index in [1.165, 1.54) is 12.1 Å². The molecule has 0 saturated carbocycles. The van der Waals surface area contributed by atoms with Gasteiger partial charge in [0.25, 0.3) is 0 Å². The minimum absolute atomic E-state index is 0.0527. The van der Waals surface area contributed by atoms with E-state index in [9.17, 15) is 18.8 Å². The smallest absolute Gasteiger partial charge is 0.179 e. The van der Waals surface area contributed by atoms with Crippen LogP contribution in [-0.2, 0) is 14.6 Å². The Labute approximate surface area is 259 Å². The van der Waals surface area contributed by atoms with E-state index in [1.807, 2.05) is 56.0 Å². The van der Waals surface area contributed by atoms with Crippen molar-refractivity contribution in [3.05, 3.63) is 65.7 Å². The Morgan fingerprint density at radius 1 is 0.977 bits per heavy atom. The van der Waals surface area contributed by atoms with Crippen molar-refractivity contribution in [3.63, 3.8) is 0 Å². The molecule has 0 unspecified atom stereocenters. The van der Waals surface area contributed by atoms with Crippen molar-refractivity contribution in [1.82, 2.24) is 9.88 Å². The molecule has 0 aliphatic heterocycles. The van der Waals surface area contributed by atoms with Crippen molar-refractivity contribution in [2.75, 3.05) is 62.4 Å². The molecule has 4 N–H and O–H groups in total. The second-order valence-corrected chi connectivity index (χ2v) is 13.0. The number of hydrogen-bond acceptors (Lipinski definition) is 12. The number of nitrogens with zero attached hydrogens (tertiary/aromatic N) is 5. The van der Waals surface area contributed by atoms with Gasteiger partial charge >= 0.3 is 0 Å². The van der Waals surface area contributed by atoms with Crippen LogP contribution in [0.15, 0.2) is 69.7 Å². The third-order valence-corrected chi connectivity index (χ3v) is 8.46. The first-order valence-corrected chi connectivity index (χ1v) is 15.9. The van der Waals surface area contributed by atoms with Crippen molar-refractivity contribution in [2.24, 2.45) is 10.2 Å². The van der Waals surface area contributed by atoms with E-state index in [-0.39, 0.29) is 42.6 Å². The highest BCUT2D eigenvalue weighted by molar-refractivity contribution is 7.91. The lowest BCUT2D eigenvalue weighted by Gasteiger charge is -2.35. The zero-order valence-electron chi connectivity index (χ0n) is 25.6. The van der Waals surface area contributed by atoms with Gasteiger partial charge in [-0.05, 0) is 64.1 Å². The number of hydrogen-bond donors (Lipinski definition) is 4. The summed E-state index contributed by atoms with van der Waals surface area (Å²) in [5.74, 6) is 0.641. The van der Waals surface area contributed by atoms with Gasteiger partial charge in [-0.25, -0.2) is 13.4 Å². The fraction of sp³-hybridized carbons (Fsp3) is 0.419. The number of ether oxygens (including phenoxy) is 1. The lowest BCUT2D eigenvalue weighted by atomic mass is 10.1. The molecule has 236 valence electrons. The summed E-state index contributed by atoms with van der Waals surface area (Å²) >= 11 is 0. The average Bonchev–Trinajstić information content (AvgIpc) is 2.99. The third-order valence-electron chi connectivity index (χ3n) is 6.75. The summed E-state index contributed by atoms with van der Waals surface area (Å²) in [6, 6.07) is 17.7. The highest BCUT2D eigenvalue weighted by atomic mass is 32.2. The second kappa shape index (κ2) is 16.2. The molecule has 0 fully saturated rings. The van der Waals surface area contributed by atoms with Crippen LogP contribution in [0.1, 0.15) is 31.9 Å². The highest BCUT2D eigenvalue weighted by Gasteiger charge is 2.24. The Bertz CT molecular complexity index is 1530. The number of nitrogens with one attached hydrogen (secondary N) is 2. The molecule has 0 radical (unpaired) electrons. The van der Waals surface area contributed by atoms with Gasteiger partial charge in [0.1, 0.15) is 11.8 Å². The maximum Gasteiger partial charge on any atom is 0.179 e. The molecule has 0 bridgehead atoms. The number of rotatable bonds is 16. The minimum atomic E-state index is -3.57. The summed E-state index contributed by atoms with van der Waals surface area (Å²) in [6.45, 7) is 9.10. The van der Waals surface area contributed by atoms with Gasteiger partial charge in [-0.3, -0.25) is 4.90 Å². The van der Waals surface area contributed by atoms with Gasteiger partial charge in [-0.15, -0.1) is 5.11 Å². The number of anilines is 3. The first-order chi connectivity index (χ1) is 21.0. The van der Waals surface area contributed by atoms with Crippen LogP contribution >= 0.6 is 0 Å². The fourth-order valence-corrected chi connectivity index (χ4v) is 5.56. The van der Waals surface area contributed by atoms with Gasteiger partial charge in [-0.1, -0.05) is 18.2 Å². The molecular formula is C31H41N7O5S. The predicted molar refractivity (Wildman–Crippen MR) is 171 cm³/mol. The Hall–Kier alpha value is -3.93. The number of aliphatic hydroxyl groups excluding tert-OH is 2. The summed E-state index contributed by atoms with van der Waals surface area (Å²) < 4.78 is 31.4. The van der Waals surface area contributed by atoms with Crippen molar-refractivity contribution >= 4 is 38.5 Å². The zero-order chi connectivity index (χ0) is 32.2. The van der Waals surface area contributed by atoms with Gasteiger partial charge in [0.15, 0.2) is 21.5 Å². The lowest BCUT2D eigenvalue weighted by molar-refractivity contribution is 0.0992. The SMILES string of the molecule is Cc1c(C#N)c(Nc2ccccc2)nc(NCCOCCO)c1/N=N/c1ccc(S(=O)(=O)CCN(CCO)C(C)(C)C)cc1. The number of benzene rings is 2. The third kappa shape index (κ3) is 9.80. The Balaban J connectivity index is 1.86. The quantitative estimate of drug-likeness (QED) is 0.129. The van der Waals surface area contributed by atoms with Gasteiger partial charge in [0, 0.05) is 36.4 Å². The first-order valence-electron chi connectivity index (χ1n) is 14.3. The van der Waals surface area contributed by atoms with Crippen LogP contribution in [0.5, 0.6) is 0 Å². The normalized spacial score (nSPS) is 12.0. The molecule has 0 saturated heterocycles. The summed E-state index contributed by atoms with van der Waals surface area (Å²) in [5.41, 5.74) is 2.10. The summed E-state index contributed by atoms with van der Waals surface area (Å²) in [6.07, 6.45) is 0. The molecule has 44 heavy (non-hydrogen) atoms. The van der Waals surface area contributed by atoms with Crippen LogP contribution in [0.4, 0.5) is 28.7 Å². The molecule has 12 nitrogen and oxygen atoms in total. The van der Waals surface area contributed by atoms with E-state index in [2.05, 4.69) is 31.9 Å². The largest absolute Gasteiger partial charge is 0.395 e. The molecule has 1 aromatic heterocycles. The monoisotopic (exact) mass is 623 g/mol. The Kier molecular flexibility index (Phi) is 12.7.